The summed E-state index contributed by atoms with van der Waals surface area (Å²) in [6.07, 6.45) is 4.24. The molecule has 3 aliphatic rings. The third-order valence-corrected chi connectivity index (χ3v) is 6.20. The van der Waals surface area contributed by atoms with E-state index in [2.05, 4.69) is 22.8 Å². The minimum absolute atomic E-state index is 0.0878. The van der Waals surface area contributed by atoms with Crippen molar-refractivity contribution in [1.29, 1.82) is 0 Å². The molecule has 2 amide bonds. The molecule has 2 aromatic carbocycles. The zero-order valence-electron chi connectivity index (χ0n) is 18.0. The lowest BCUT2D eigenvalue weighted by Gasteiger charge is -2.31. The number of benzene rings is 2. The summed E-state index contributed by atoms with van der Waals surface area (Å²) < 4.78 is 16.5. The van der Waals surface area contributed by atoms with Crippen LogP contribution in [-0.2, 0) is 22.4 Å². The number of rotatable bonds is 6. The van der Waals surface area contributed by atoms with Gasteiger partial charge in [-0.1, -0.05) is 36.4 Å². The van der Waals surface area contributed by atoms with Crippen molar-refractivity contribution in [1.82, 2.24) is 10.6 Å². The number of hydrogen-bond donors (Lipinski definition) is 3. The van der Waals surface area contributed by atoms with Crippen LogP contribution in [0.15, 0.2) is 54.6 Å². The minimum Gasteiger partial charge on any atom is -0.454 e. The highest BCUT2D eigenvalue weighted by atomic mass is 16.7. The summed E-state index contributed by atoms with van der Waals surface area (Å²) in [5.41, 5.74) is 2.97. The SMILES string of the molecule is O=C(C[C@H]1C=C[C@H](NC(=O)c2ccc3c(c2)OCO3)[C@H](CO)O1)NC1Cc2ccccc2C1. The molecule has 3 N–H and O–H groups in total. The first-order chi connectivity index (χ1) is 16.1. The lowest BCUT2D eigenvalue weighted by atomic mass is 10.0. The van der Waals surface area contributed by atoms with E-state index in [1.807, 2.05) is 12.1 Å². The van der Waals surface area contributed by atoms with Gasteiger partial charge in [0.15, 0.2) is 11.5 Å². The van der Waals surface area contributed by atoms with Gasteiger partial charge in [0.25, 0.3) is 5.91 Å². The number of nitrogens with one attached hydrogen (secondary N) is 2. The van der Waals surface area contributed by atoms with Crippen LogP contribution >= 0.6 is 0 Å². The number of fused-ring (bicyclic) bond motifs is 2. The minimum atomic E-state index is -0.651. The summed E-state index contributed by atoms with van der Waals surface area (Å²) in [5.74, 6) is 0.709. The van der Waals surface area contributed by atoms with Crippen molar-refractivity contribution in [3.8, 4) is 11.5 Å². The quantitative estimate of drug-likeness (QED) is 0.576. The van der Waals surface area contributed by atoms with E-state index in [9.17, 15) is 14.7 Å². The van der Waals surface area contributed by atoms with Gasteiger partial charge in [0, 0.05) is 11.6 Å². The predicted octanol–water partition coefficient (Wildman–Crippen LogP) is 1.50. The van der Waals surface area contributed by atoms with E-state index < -0.39 is 18.2 Å². The Kier molecular flexibility index (Phi) is 6.02. The Morgan fingerprint density at radius 1 is 0.970 bits per heavy atom. The maximum absolute atomic E-state index is 12.7. The molecular formula is C25H26N2O6. The summed E-state index contributed by atoms with van der Waals surface area (Å²) in [5, 5.41) is 15.8. The highest BCUT2D eigenvalue weighted by Gasteiger charge is 2.30. The van der Waals surface area contributed by atoms with Crippen molar-refractivity contribution in [3.05, 3.63) is 71.3 Å². The molecule has 1 aliphatic carbocycles. The van der Waals surface area contributed by atoms with Crippen LogP contribution in [0.25, 0.3) is 0 Å². The van der Waals surface area contributed by atoms with E-state index in [1.165, 1.54) is 11.1 Å². The van der Waals surface area contributed by atoms with Gasteiger partial charge in [0.1, 0.15) is 6.10 Å². The molecule has 33 heavy (non-hydrogen) atoms. The highest BCUT2D eigenvalue weighted by Crippen LogP contribution is 2.32. The summed E-state index contributed by atoms with van der Waals surface area (Å²) in [6.45, 7) is -0.151. The van der Waals surface area contributed by atoms with Crippen LogP contribution in [0, 0.1) is 0 Å². The van der Waals surface area contributed by atoms with Gasteiger partial charge in [-0.15, -0.1) is 0 Å². The molecule has 0 aromatic heterocycles. The molecule has 8 heteroatoms. The van der Waals surface area contributed by atoms with Crippen LogP contribution < -0.4 is 20.1 Å². The Hall–Kier alpha value is -3.36. The maximum atomic E-state index is 12.7. The normalized spacial score (nSPS) is 23.2. The second-order valence-corrected chi connectivity index (χ2v) is 8.49. The topological polar surface area (TPSA) is 106 Å². The van der Waals surface area contributed by atoms with E-state index in [-0.39, 0.29) is 37.7 Å². The van der Waals surface area contributed by atoms with Crippen LogP contribution in [0.4, 0.5) is 0 Å². The van der Waals surface area contributed by atoms with Crippen LogP contribution in [-0.4, -0.2) is 54.6 Å². The lowest BCUT2D eigenvalue weighted by molar-refractivity contribution is -0.126. The Labute approximate surface area is 191 Å². The van der Waals surface area contributed by atoms with Crippen LogP contribution in [0.5, 0.6) is 11.5 Å². The molecule has 0 spiro atoms. The fourth-order valence-corrected chi connectivity index (χ4v) is 4.54. The average Bonchev–Trinajstić information content (AvgIpc) is 3.45. The second-order valence-electron chi connectivity index (χ2n) is 8.49. The molecule has 0 unspecified atom stereocenters. The fourth-order valence-electron chi connectivity index (χ4n) is 4.54. The number of amides is 2. The van der Waals surface area contributed by atoms with E-state index in [0.717, 1.165) is 12.8 Å². The van der Waals surface area contributed by atoms with E-state index >= 15 is 0 Å². The van der Waals surface area contributed by atoms with Gasteiger partial charge < -0.3 is 30.0 Å². The molecule has 0 bridgehead atoms. The molecule has 172 valence electrons. The maximum Gasteiger partial charge on any atom is 0.251 e. The van der Waals surface area contributed by atoms with Gasteiger partial charge in [0.05, 0.1) is 25.2 Å². The van der Waals surface area contributed by atoms with Gasteiger partial charge in [-0.2, -0.15) is 0 Å². The standard InChI is InChI=1S/C25H26N2O6/c28-13-23-20(27-25(30)17-5-8-21-22(11-17)32-14-31-21)7-6-19(33-23)12-24(29)26-18-9-15-3-1-2-4-16(15)10-18/h1-8,11,18-20,23,28H,9-10,12-14H2,(H,26,29)(H,27,30)/t19-,20+,23+/m1/s1. The first-order valence-electron chi connectivity index (χ1n) is 11.1. The molecule has 2 aliphatic heterocycles. The average molecular weight is 450 g/mol. The largest absolute Gasteiger partial charge is 0.454 e. The number of ether oxygens (including phenoxy) is 3. The zero-order chi connectivity index (χ0) is 22.8. The van der Waals surface area contributed by atoms with Crippen molar-refractivity contribution in [2.75, 3.05) is 13.4 Å². The first-order valence-corrected chi connectivity index (χ1v) is 11.1. The molecule has 0 saturated heterocycles. The van der Waals surface area contributed by atoms with Crippen LogP contribution in [0.2, 0.25) is 0 Å². The Morgan fingerprint density at radius 2 is 1.73 bits per heavy atom. The van der Waals surface area contributed by atoms with Crippen molar-refractivity contribution in [2.24, 2.45) is 0 Å². The molecule has 2 heterocycles. The van der Waals surface area contributed by atoms with Gasteiger partial charge >= 0.3 is 0 Å². The van der Waals surface area contributed by atoms with Crippen molar-refractivity contribution < 1.29 is 28.9 Å². The number of carbonyl (C=O) groups excluding carboxylic acids is 2. The van der Waals surface area contributed by atoms with Gasteiger partial charge in [-0.3, -0.25) is 9.59 Å². The summed E-state index contributed by atoms with van der Waals surface area (Å²) >= 11 is 0. The number of aliphatic hydroxyl groups is 1. The first kappa shape index (κ1) is 21.5. The summed E-state index contributed by atoms with van der Waals surface area (Å²) in [4.78, 5) is 25.2. The van der Waals surface area contributed by atoms with E-state index in [4.69, 9.17) is 14.2 Å². The molecule has 0 radical (unpaired) electrons. The monoisotopic (exact) mass is 450 g/mol. The smallest absolute Gasteiger partial charge is 0.251 e. The van der Waals surface area contributed by atoms with E-state index in [1.54, 1.807) is 30.4 Å². The van der Waals surface area contributed by atoms with Crippen LogP contribution in [0.1, 0.15) is 27.9 Å². The zero-order valence-corrected chi connectivity index (χ0v) is 18.0. The molecule has 0 saturated carbocycles. The van der Waals surface area contributed by atoms with Crippen molar-refractivity contribution >= 4 is 11.8 Å². The number of aliphatic hydroxyl groups excluding tert-OH is 1. The van der Waals surface area contributed by atoms with Crippen molar-refractivity contribution in [3.63, 3.8) is 0 Å². The highest BCUT2D eigenvalue weighted by molar-refractivity contribution is 5.95. The summed E-state index contributed by atoms with van der Waals surface area (Å²) in [7, 11) is 0. The Morgan fingerprint density at radius 3 is 2.48 bits per heavy atom. The van der Waals surface area contributed by atoms with E-state index in [0.29, 0.717) is 17.1 Å². The number of carbonyl (C=O) groups is 2. The lowest BCUT2D eigenvalue weighted by Crippen LogP contribution is -2.49. The third-order valence-electron chi connectivity index (χ3n) is 6.20. The summed E-state index contributed by atoms with van der Waals surface area (Å²) in [6, 6.07) is 12.7. The number of hydrogen-bond acceptors (Lipinski definition) is 6. The molecule has 5 rings (SSSR count). The van der Waals surface area contributed by atoms with Gasteiger partial charge in [0.2, 0.25) is 12.7 Å². The third kappa shape index (κ3) is 4.72. The van der Waals surface area contributed by atoms with Crippen LogP contribution in [0.3, 0.4) is 0 Å². The molecule has 3 atom stereocenters. The fraction of sp³-hybridized carbons (Fsp3) is 0.360. The van der Waals surface area contributed by atoms with Crippen molar-refractivity contribution in [2.45, 2.75) is 43.6 Å². The van der Waals surface area contributed by atoms with Gasteiger partial charge in [-0.25, -0.2) is 0 Å². The molecule has 2 aromatic rings. The Balaban J connectivity index is 1.15. The van der Waals surface area contributed by atoms with Gasteiger partial charge in [-0.05, 0) is 42.2 Å². The molecule has 0 fully saturated rings. The molecular weight excluding hydrogens is 424 g/mol. The Bertz CT molecular complexity index is 1060. The predicted molar refractivity (Wildman–Crippen MR) is 119 cm³/mol. The second kappa shape index (κ2) is 9.25. The molecule has 8 nitrogen and oxygen atoms in total.